The molecular weight excluding hydrogens is 170 g/mol. The second kappa shape index (κ2) is 7.74. The quantitative estimate of drug-likeness (QED) is 0.661. The molecule has 0 saturated carbocycles. The van der Waals surface area contributed by atoms with Crippen molar-refractivity contribution in [1.29, 1.82) is 0 Å². The van der Waals surface area contributed by atoms with Crippen LogP contribution in [0.5, 0.6) is 0 Å². The third-order valence-electron chi connectivity index (χ3n) is 1.84. The molecular formula is C9H21NOS. The maximum absolute atomic E-state index is 11.2. The fraction of sp³-hybridized carbons (Fsp3) is 1.00. The van der Waals surface area contributed by atoms with Crippen LogP contribution in [0.3, 0.4) is 0 Å². The summed E-state index contributed by atoms with van der Waals surface area (Å²) in [5.41, 5.74) is 0. The van der Waals surface area contributed by atoms with E-state index in [0.717, 1.165) is 24.5 Å². The lowest BCUT2D eigenvalue weighted by Crippen LogP contribution is -2.34. The summed E-state index contributed by atoms with van der Waals surface area (Å²) in [4.78, 5) is 0. The van der Waals surface area contributed by atoms with Crippen molar-refractivity contribution < 1.29 is 4.21 Å². The molecule has 3 heteroatoms. The van der Waals surface area contributed by atoms with Crippen LogP contribution in [0.25, 0.3) is 0 Å². The Morgan fingerprint density at radius 3 is 2.42 bits per heavy atom. The van der Waals surface area contributed by atoms with Gasteiger partial charge in [0.25, 0.3) is 0 Å². The van der Waals surface area contributed by atoms with E-state index < -0.39 is 10.8 Å². The molecule has 0 aliphatic rings. The second-order valence-corrected chi connectivity index (χ2v) is 4.73. The van der Waals surface area contributed by atoms with E-state index in [1.54, 1.807) is 0 Å². The summed E-state index contributed by atoms with van der Waals surface area (Å²) in [5, 5.41) is 3.36. The monoisotopic (exact) mass is 191 g/mol. The van der Waals surface area contributed by atoms with Crippen molar-refractivity contribution in [2.45, 2.75) is 39.7 Å². The summed E-state index contributed by atoms with van der Waals surface area (Å²) in [6.45, 7) is 7.22. The van der Waals surface area contributed by atoms with Crippen LogP contribution in [0.1, 0.15) is 33.6 Å². The Bertz CT molecular complexity index is 122. The molecule has 74 valence electrons. The van der Waals surface area contributed by atoms with Crippen LogP contribution in [0.4, 0.5) is 0 Å². The van der Waals surface area contributed by atoms with Gasteiger partial charge in [-0.15, -0.1) is 0 Å². The van der Waals surface area contributed by atoms with Gasteiger partial charge in [-0.3, -0.25) is 4.21 Å². The Balaban J connectivity index is 3.68. The first-order chi connectivity index (χ1) is 5.74. The molecule has 2 nitrogen and oxygen atoms in total. The molecule has 0 aliphatic heterocycles. The Labute approximate surface area is 78.6 Å². The minimum absolute atomic E-state index is 0.459. The molecule has 0 amide bonds. The fourth-order valence-electron chi connectivity index (χ4n) is 1.22. The van der Waals surface area contributed by atoms with Crippen molar-refractivity contribution in [2.24, 2.45) is 0 Å². The van der Waals surface area contributed by atoms with Crippen LogP contribution in [-0.2, 0) is 10.8 Å². The summed E-state index contributed by atoms with van der Waals surface area (Å²) in [6.07, 6.45) is 2.30. The molecule has 0 rings (SSSR count). The van der Waals surface area contributed by atoms with Crippen LogP contribution >= 0.6 is 0 Å². The van der Waals surface area contributed by atoms with Crippen molar-refractivity contribution in [1.82, 2.24) is 5.32 Å². The summed E-state index contributed by atoms with van der Waals surface area (Å²) in [6, 6.07) is 0.459. The fourth-order valence-corrected chi connectivity index (χ4v) is 2.19. The lowest BCUT2D eigenvalue weighted by molar-refractivity contribution is 0.526. The highest BCUT2D eigenvalue weighted by molar-refractivity contribution is 7.84. The minimum Gasteiger partial charge on any atom is -0.313 e. The van der Waals surface area contributed by atoms with Gasteiger partial charge in [-0.2, -0.15) is 0 Å². The smallest absolute Gasteiger partial charge is 0.0388 e. The Kier molecular flexibility index (Phi) is 7.81. The Morgan fingerprint density at radius 1 is 1.33 bits per heavy atom. The van der Waals surface area contributed by atoms with Crippen molar-refractivity contribution in [3.63, 3.8) is 0 Å². The number of hydrogen-bond donors (Lipinski definition) is 1. The SMILES string of the molecule is CCCC(CS(=O)CC)NCC. The van der Waals surface area contributed by atoms with E-state index in [2.05, 4.69) is 19.2 Å². The maximum atomic E-state index is 11.2. The van der Waals surface area contributed by atoms with E-state index in [0.29, 0.717) is 6.04 Å². The lowest BCUT2D eigenvalue weighted by Gasteiger charge is -2.15. The molecule has 0 aliphatic carbocycles. The number of hydrogen-bond acceptors (Lipinski definition) is 2. The molecule has 0 spiro atoms. The molecule has 0 heterocycles. The molecule has 0 fully saturated rings. The van der Waals surface area contributed by atoms with Crippen molar-refractivity contribution in [2.75, 3.05) is 18.1 Å². The first-order valence-corrected chi connectivity index (χ1v) is 6.31. The van der Waals surface area contributed by atoms with E-state index in [1.807, 2.05) is 6.92 Å². The summed E-state index contributed by atoms with van der Waals surface area (Å²) in [5.74, 6) is 1.60. The molecule has 0 aromatic carbocycles. The zero-order valence-corrected chi connectivity index (χ0v) is 9.25. The molecule has 2 unspecified atom stereocenters. The van der Waals surface area contributed by atoms with Crippen LogP contribution in [-0.4, -0.2) is 28.3 Å². The van der Waals surface area contributed by atoms with E-state index in [1.165, 1.54) is 6.42 Å². The Morgan fingerprint density at radius 2 is 2.00 bits per heavy atom. The number of rotatable bonds is 7. The van der Waals surface area contributed by atoms with Crippen LogP contribution in [0, 0.1) is 0 Å². The van der Waals surface area contributed by atoms with Gasteiger partial charge in [-0.05, 0) is 13.0 Å². The van der Waals surface area contributed by atoms with E-state index in [-0.39, 0.29) is 0 Å². The van der Waals surface area contributed by atoms with Gasteiger partial charge < -0.3 is 5.32 Å². The maximum Gasteiger partial charge on any atom is 0.0388 e. The molecule has 0 bridgehead atoms. The van der Waals surface area contributed by atoms with Gasteiger partial charge in [0.15, 0.2) is 0 Å². The summed E-state index contributed by atoms with van der Waals surface area (Å²) < 4.78 is 11.2. The summed E-state index contributed by atoms with van der Waals surface area (Å²) in [7, 11) is -0.623. The van der Waals surface area contributed by atoms with Gasteiger partial charge in [0.05, 0.1) is 0 Å². The first kappa shape index (κ1) is 12.1. The molecule has 0 aromatic rings. The van der Waals surface area contributed by atoms with Gasteiger partial charge in [-0.1, -0.05) is 27.2 Å². The van der Waals surface area contributed by atoms with Gasteiger partial charge in [0.2, 0.25) is 0 Å². The molecule has 0 saturated heterocycles. The van der Waals surface area contributed by atoms with Crippen LogP contribution in [0.15, 0.2) is 0 Å². The normalized spacial score (nSPS) is 15.9. The van der Waals surface area contributed by atoms with E-state index in [9.17, 15) is 4.21 Å². The van der Waals surface area contributed by atoms with Gasteiger partial charge in [0.1, 0.15) is 0 Å². The van der Waals surface area contributed by atoms with Gasteiger partial charge >= 0.3 is 0 Å². The first-order valence-electron chi connectivity index (χ1n) is 4.82. The van der Waals surface area contributed by atoms with E-state index in [4.69, 9.17) is 0 Å². The van der Waals surface area contributed by atoms with Gasteiger partial charge in [-0.25, -0.2) is 0 Å². The molecule has 12 heavy (non-hydrogen) atoms. The molecule has 2 atom stereocenters. The average molecular weight is 191 g/mol. The highest BCUT2D eigenvalue weighted by Gasteiger charge is 2.08. The predicted octanol–water partition coefficient (Wildman–Crippen LogP) is 1.53. The highest BCUT2D eigenvalue weighted by atomic mass is 32.2. The zero-order chi connectivity index (χ0) is 9.40. The molecule has 1 N–H and O–H groups in total. The second-order valence-electron chi connectivity index (χ2n) is 2.94. The minimum atomic E-state index is -0.623. The van der Waals surface area contributed by atoms with Gasteiger partial charge in [0, 0.05) is 28.3 Å². The van der Waals surface area contributed by atoms with E-state index >= 15 is 0 Å². The molecule has 0 aromatic heterocycles. The largest absolute Gasteiger partial charge is 0.313 e. The van der Waals surface area contributed by atoms with Crippen LogP contribution < -0.4 is 5.32 Å². The summed E-state index contributed by atoms with van der Waals surface area (Å²) >= 11 is 0. The lowest BCUT2D eigenvalue weighted by atomic mass is 10.2. The Hall–Kier alpha value is 0.110. The number of nitrogens with one attached hydrogen (secondary N) is 1. The zero-order valence-electron chi connectivity index (χ0n) is 8.43. The van der Waals surface area contributed by atoms with Crippen LogP contribution in [0.2, 0.25) is 0 Å². The van der Waals surface area contributed by atoms with Crippen molar-refractivity contribution in [3.05, 3.63) is 0 Å². The molecule has 0 radical (unpaired) electrons. The van der Waals surface area contributed by atoms with Crippen molar-refractivity contribution in [3.8, 4) is 0 Å². The highest BCUT2D eigenvalue weighted by Crippen LogP contribution is 1.99. The third kappa shape index (κ3) is 5.72. The average Bonchev–Trinajstić information content (AvgIpc) is 2.05. The van der Waals surface area contributed by atoms with Crippen molar-refractivity contribution >= 4 is 10.8 Å². The predicted molar refractivity (Wildman–Crippen MR) is 55.9 cm³/mol. The topological polar surface area (TPSA) is 29.1 Å². The third-order valence-corrected chi connectivity index (χ3v) is 3.26. The standard InChI is InChI=1S/C9H21NOS/c1-4-7-9(10-5-2)8-12(11)6-3/h9-10H,4-8H2,1-3H3.